The van der Waals surface area contributed by atoms with Gasteiger partial charge in [-0.1, -0.05) is 11.6 Å². The van der Waals surface area contributed by atoms with Crippen LogP contribution in [0.4, 0.5) is 0 Å². The van der Waals surface area contributed by atoms with E-state index in [-0.39, 0.29) is 17.7 Å². The Kier molecular flexibility index (Phi) is 5.11. The van der Waals surface area contributed by atoms with Gasteiger partial charge in [0.1, 0.15) is 0 Å². The largest absolute Gasteiger partial charge is 0.344 e. The van der Waals surface area contributed by atoms with Crippen molar-refractivity contribution in [3.63, 3.8) is 0 Å². The highest BCUT2D eigenvalue weighted by atomic mass is 35.5. The molecule has 0 atom stereocenters. The summed E-state index contributed by atoms with van der Waals surface area (Å²) >= 11 is 17.5. The lowest BCUT2D eigenvalue weighted by molar-refractivity contribution is 0.0921. The quantitative estimate of drug-likeness (QED) is 0.844. The predicted octanol–water partition coefficient (Wildman–Crippen LogP) is 3.61. The highest BCUT2D eigenvalue weighted by molar-refractivity contribution is 6.31. The third-order valence-corrected chi connectivity index (χ3v) is 3.71. The maximum atomic E-state index is 12.0. The maximum absolute atomic E-state index is 12.0. The fraction of sp³-hybridized carbons (Fsp3) is 0.417. The molecule has 0 unspecified atom stereocenters. The second-order valence-corrected chi connectivity index (χ2v) is 5.27. The fourth-order valence-electron chi connectivity index (χ4n) is 1.32. The number of carbonyl (C=O) groups is 1. The van der Waals surface area contributed by atoms with Gasteiger partial charge in [0.15, 0.2) is 0 Å². The summed E-state index contributed by atoms with van der Waals surface area (Å²) in [4.78, 5) is 12.0. The number of amides is 1. The number of benzene rings is 1. The van der Waals surface area contributed by atoms with E-state index in [1.165, 1.54) is 0 Å². The zero-order valence-electron chi connectivity index (χ0n) is 9.69. The Hall–Kier alpha value is -0.440. The van der Waals surface area contributed by atoms with Crippen LogP contribution in [0.25, 0.3) is 0 Å². The highest BCUT2D eigenvalue weighted by Crippen LogP contribution is 2.16. The second-order valence-electron chi connectivity index (χ2n) is 4.30. The lowest BCUT2D eigenvalue weighted by Crippen LogP contribution is -2.49. The van der Waals surface area contributed by atoms with Crippen LogP contribution >= 0.6 is 34.8 Å². The lowest BCUT2D eigenvalue weighted by Gasteiger charge is -2.26. The van der Waals surface area contributed by atoms with Crippen molar-refractivity contribution >= 4 is 40.7 Å². The summed E-state index contributed by atoms with van der Waals surface area (Å²) in [7, 11) is 0. The van der Waals surface area contributed by atoms with E-state index in [0.717, 1.165) is 5.56 Å². The molecule has 0 fully saturated rings. The first kappa shape index (κ1) is 14.6. The molecule has 0 heterocycles. The summed E-state index contributed by atoms with van der Waals surface area (Å²) < 4.78 is 0. The molecule has 0 spiro atoms. The number of halogens is 3. The highest BCUT2D eigenvalue weighted by Gasteiger charge is 2.24. The minimum atomic E-state index is -0.615. The summed E-state index contributed by atoms with van der Waals surface area (Å²) in [6.07, 6.45) is 0. The van der Waals surface area contributed by atoms with Gasteiger partial charge in [0.25, 0.3) is 5.91 Å². The molecule has 0 aromatic heterocycles. The summed E-state index contributed by atoms with van der Waals surface area (Å²) in [5, 5.41) is 3.34. The van der Waals surface area contributed by atoms with E-state index < -0.39 is 5.54 Å². The molecular formula is C12H14Cl3NO. The first-order valence-electron chi connectivity index (χ1n) is 5.12. The number of aryl methyl sites for hydroxylation is 1. The average Bonchev–Trinajstić information content (AvgIpc) is 2.27. The van der Waals surface area contributed by atoms with Crippen molar-refractivity contribution in [2.75, 3.05) is 11.8 Å². The second kappa shape index (κ2) is 5.94. The van der Waals surface area contributed by atoms with E-state index in [4.69, 9.17) is 34.8 Å². The van der Waals surface area contributed by atoms with Gasteiger partial charge >= 0.3 is 0 Å². The molecule has 17 heavy (non-hydrogen) atoms. The van der Waals surface area contributed by atoms with Gasteiger partial charge in [-0.05, 0) is 37.6 Å². The van der Waals surface area contributed by atoms with Gasteiger partial charge < -0.3 is 5.32 Å². The van der Waals surface area contributed by atoms with Crippen LogP contribution in [0.5, 0.6) is 0 Å². The molecule has 1 N–H and O–H groups in total. The smallest absolute Gasteiger partial charge is 0.251 e. The molecule has 2 nitrogen and oxygen atoms in total. The van der Waals surface area contributed by atoms with Gasteiger partial charge in [-0.3, -0.25) is 4.79 Å². The molecule has 0 aliphatic carbocycles. The van der Waals surface area contributed by atoms with Gasteiger partial charge in [-0.15, -0.1) is 23.2 Å². The van der Waals surface area contributed by atoms with Gasteiger partial charge in [0, 0.05) is 22.3 Å². The Bertz CT molecular complexity index is 396. The molecule has 0 aliphatic rings. The van der Waals surface area contributed by atoms with Crippen molar-refractivity contribution in [3.05, 3.63) is 34.3 Å². The summed E-state index contributed by atoms with van der Waals surface area (Å²) in [5.41, 5.74) is 0.828. The van der Waals surface area contributed by atoms with Crippen molar-refractivity contribution < 1.29 is 4.79 Å². The number of rotatable bonds is 4. The standard InChI is InChI=1S/C12H14Cl3NO/c1-8-3-9(5-10(15)4-8)11(17)16-12(2,6-13)7-14/h3-5H,6-7H2,1-2H3,(H,16,17). The molecular weight excluding hydrogens is 280 g/mol. The minimum Gasteiger partial charge on any atom is -0.344 e. The van der Waals surface area contributed by atoms with Crippen molar-refractivity contribution in [3.8, 4) is 0 Å². The average molecular weight is 295 g/mol. The number of hydrogen-bond donors (Lipinski definition) is 1. The lowest BCUT2D eigenvalue weighted by atomic mass is 10.1. The van der Waals surface area contributed by atoms with Gasteiger partial charge in [0.2, 0.25) is 0 Å². The van der Waals surface area contributed by atoms with E-state index in [1.807, 2.05) is 6.92 Å². The molecule has 0 bridgehead atoms. The minimum absolute atomic E-state index is 0.223. The Balaban J connectivity index is 2.90. The van der Waals surface area contributed by atoms with E-state index in [0.29, 0.717) is 10.6 Å². The normalized spacial score (nSPS) is 11.4. The third-order valence-electron chi connectivity index (χ3n) is 2.31. The Labute approximate surface area is 116 Å². The number of alkyl halides is 2. The van der Waals surface area contributed by atoms with Crippen LogP contribution < -0.4 is 5.32 Å². The third kappa shape index (κ3) is 4.06. The Morgan fingerprint density at radius 3 is 2.35 bits per heavy atom. The van der Waals surface area contributed by atoms with Crippen LogP contribution in [-0.2, 0) is 0 Å². The van der Waals surface area contributed by atoms with Crippen LogP contribution in [0.1, 0.15) is 22.8 Å². The molecule has 5 heteroatoms. The fourth-order valence-corrected chi connectivity index (χ4v) is 2.03. The van der Waals surface area contributed by atoms with Crippen molar-refractivity contribution in [1.82, 2.24) is 5.32 Å². The molecule has 1 rings (SSSR count). The number of nitrogens with one attached hydrogen (secondary N) is 1. The van der Waals surface area contributed by atoms with Crippen molar-refractivity contribution in [1.29, 1.82) is 0 Å². The monoisotopic (exact) mass is 293 g/mol. The molecule has 1 aromatic carbocycles. The molecule has 0 radical (unpaired) electrons. The summed E-state index contributed by atoms with van der Waals surface area (Å²) in [6, 6.07) is 5.18. The molecule has 1 aromatic rings. The van der Waals surface area contributed by atoms with Crippen molar-refractivity contribution in [2.45, 2.75) is 19.4 Å². The van der Waals surface area contributed by atoms with Crippen molar-refractivity contribution in [2.24, 2.45) is 0 Å². The van der Waals surface area contributed by atoms with Gasteiger partial charge in [-0.25, -0.2) is 0 Å². The van der Waals surface area contributed by atoms with E-state index in [2.05, 4.69) is 5.32 Å². The van der Waals surface area contributed by atoms with Crippen LogP contribution in [-0.4, -0.2) is 23.2 Å². The van der Waals surface area contributed by atoms with E-state index in [9.17, 15) is 4.79 Å². The zero-order chi connectivity index (χ0) is 13.1. The molecule has 0 aliphatic heterocycles. The number of carbonyl (C=O) groups excluding carboxylic acids is 1. The topological polar surface area (TPSA) is 29.1 Å². The molecule has 1 amide bonds. The number of hydrogen-bond acceptors (Lipinski definition) is 1. The molecule has 94 valence electrons. The van der Waals surface area contributed by atoms with Crippen LogP contribution in [0.3, 0.4) is 0 Å². The zero-order valence-corrected chi connectivity index (χ0v) is 12.0. The Morgan fingerprint density at radius 1 is 1.29 bits per heavy atom. The first-order chi connectivity index (χ1) is 7.90. The van der Waals surface area contributed by atoms with Gasteiger partial charge in [0.05, 0.1) is 5.54 Å². The van der Waals surface area contributed by atoms with Gasteiger partial charge in [-0.2, -0.15) is 0 Å². The first-order valence-corrected chi connectivity index (χ1v) is 6.56. The van der Waals surface area contributed by atoms with Crippen LogP contribution in [0.15, 0.2) is 18.2 Å². The predicted molar refractivity (Wildman–Crippen MR) is 73.5 cm³/mol. The summed E-state index contributed by atoms with van der Waals surface area (Å²) in [6.45, 7) is 3.67. The van der Waals surface area contributed by atoms with Crippen LogP contribution in [0, 0.1) is 6.92 Å². The van der Waals surface area contributed by atoms with Crippen LogP contribution in [0.2, 0.25) is 5.02 Å². The van der Waals surface area contributed by atoms with E-state index in [1.54, 1.807) is 25.1 Å². The molecule has 0 saturated carbocycles. The Morgan fingerprint density at radius 2 is 1.88 bits per heavy atom. The SMILES string of the molecule is Cc1cc(Cl)cc(C(=O)NC(C)(CCl)CCl)c1. The maximum Gasteiger partial charge on any atom is 0.251 e. The van der Waals surface area contributed by atoms with E-state index >= 15 is 0 Å². The molecule has 0 saturated heterocycles. The summed E-state index contributed by atoms with van der Waals surface area (Å²) in [5.74, 6) is 0.281.